The molecule has 0 bridgehead atoms. The molecule has 2 aromatic carbocycles. The number of rotatable bonds is 6. The molecule has 2 aliphatic heterocycles. The van der Waals surface area contributed by atoms with Crippen LogP contribution in [-0.2, 0) is 6.42 Å². The van der Waals surface area contributed by atoms with E-state index in [2.05, 4.69) is 30.0 Å². The summed E-state index contributed by atoms with van der Waals surface area (Å²) in [7, 11) is 0. The minimum absolute atomic E-state index is 0.0754. The number of aryl methyl sites for hydroxylation is 2. The largest absolute Gasteiger partial charge is 0.494 e. The van der Waals surface area contributed by atoms with E-state index in [9.17, 15) is 4.79 Å². The van der Waals surface area contributed by atoms with Crippen molar-refractivity contribution in [1.29, 1.82) is 0 Å². The molecular weight excluding hydrogens is 360 g/mol. The van der Waals surface area contributed by atoms with Crippen LogP contribution in [0.2, 0.25) is 0 Å². The normalized spacial score (nSPS) is 17.1. The maximum atomic E-state index is 13.1. The molecule has 0 spiro atoms. The predicted molar refractivity (Wildman–Crippen MR) is 118 cm³/mol. The second kappa shape index (κ2) is 9.45. The molecule has 0 atom stereocenters. The van der Waals surface area contributed by atoms with E-state index in [4.69, 9.17) is 4.74 Å². The number of carbonyl (C=O) groups is 1. The maximum Gasteiger partial charge on any atom is 0.258 e. The average Bonchev–Trinajstić information content (AvgIpc) is 2.77. The molecule has 2 heterocycles. The van der Waals surface area contributed by atoms with Crippen molar-refractivity contribution < 1.29 is 9.53 Å². The number of piperidine rings is 1. The second-order valence-corrected chi connectivity index (χ2v) is 8.32. The van der Waals surface area contributed by atoms with Crippen LogP contribution in [0, 0.1) is 6.92 Å². The van der Waals surface area contributed by atoms with Gasteiger partial charge in [-0.3, -0.25) is 4.79 Å². The maximum absolute atomic E-state index is 13.1. The second-order valence-electron chi connectivity index (χ2n) is 8.32. The molecule has 29 heavy (non-hydrogen) atoms. The predicted octanol–water partition coefficient (Wildman–Crippen LogP) is 4.84. The van der Waals surface area contributed by atoms with Gasteiger partial charge in [-0.05, 0) is 88.0 Å². The van der Waals surface area contributed by atoms with Gasteiger partial charge >= 0.3 is 0 Å². The van der Waals surface area contributed by atoms with Crippen LogP contribution in [0.3, 0.4) is 0 Å². The Hall–Kier alpha value is -2.33. The van der Waals surface area contributed by atoms with E-state index in [1.807, 2.05) is 29.2 Å². The zero-order valence-corrected chi connectivity index (χ0v) is 17.5. The molecule has 4 heteroatoms. The van der Waals surface area contributed by atoms with Gasteiger partial charge in [0.2, 0.25) is 0 Å². The summed E-state index contributed by atoms with van der Waals surface area (Å²) in [6.45, 7) is 7.19. The Morgan fingerprint density at radius 3 is 2.55 bits per heavy atom. The Morgan fingerprint density at radius 1 is 0.966 bits per heavy atom. The lowest BCUT2D eigenvalue weighted by Crippen LogP contribution is -2.35. The first-order valence-electron chi connectivity index (χ1n) is 11.1. The summed E-state index contributed by atoms with van der Waals surface area (Å²) < 4.78 is 5.90. The van der Waals surface area contributed by atoms with Crippen LogP contribution in [0.1, 0.15) is 53.6 Å². The molecule has 0 unspecified atom stereocenters. The highest BCUT2D eigenvalue weighted by Gasteiger charge is 2.23. The molecule has 0 saturated carbocycles. The topological polar surface area (TPSA) is 32.8 Å². The van der Waals surface area contributed by atoms with E-state index in [1.54, 1.807) is 0 Å². The monoisotopic (exact) mass is 392 g/mol. The quantitative estimate of drug-likeness (QED) is 0.659. The van der Waals surface area contributed by atoms with Crippen LogP contribution in [-0.4, -0.2) is 43.6 Å². The number of carbonyl (C=O) groups excluding carboxylic acids is 1. The van der Waals surface area contributed by atoms with Crippen LogP contribution in [0.25, 0.3) is 0 Å². The minimum atomic E-state index is 0.0754. The Kier molecular flexibility index (Phi) is 6.50. The number of anilines is 1. The summed E-state index contributed by atoms with van der Waals surface area (Å²) in [5.41, 5.74) is 4.31. The van der Waals surface area contributed by atoms with Gasteiger partial charge in [0.05, 0.1) is 6.61 Å². The molecule has 0 aromatic heterocycles. The first-order chi connectivity index (χ1) is 14.2. The van der Waals surface area contributed by atoms with Gasteiger partial charge in [-0.15, -0.1) is 0 Å². The van der Waals surface area contributed by atoms with Gasteiger partial charge in [0, 0.05) is 24.3 Å². The van der Waals surface area contributed by atoms with E-state index >= 15 is 0 Å². The van der Waals surface area contributed by atoms with E-state index in [-0.39, 0.29) is 5.91 Å². The summed E-state index contributed by atoms with van der Waals surface area (Å²) in [6, 6.07) is 14.0. The van der Waals surface area contributed by atoms with Crippen molar-refractivity contribution in [3.05, 3.63) is 59.2 Å². The Balaban J connectivity index is 1.31. The number of hydrogen-bond acceptors (Lipinski definition) is 3. The van der Waals surface area contributed by atoms with Crippen LogP contribution in [0.15, 0.2) is 42.5 Å². The highest BCUT2D eigenvalue weighted by atomic mass is 16.5. The molecule has 2 aromatic rings. The number of ether oxygens (including phenoxy) is 1. The van der Waals surface area contributed by atoms with Crippen LogP contribution >= 0.6 is 0 Å². The summed E-state index contributed by atoms with van der Waals surface area (Å²) in [5.74, 6) is 0.918. The van der Waals surface area contributed by atoms with Gasteiger partial charge in [-0.2, -0.15) is 0 Å². The number of likely N-dealkylation sites (tertiary alicyclic amines) is 1. The van der Waals surface area contributed by atoms with Crippen molar-refractivity contribution in [3.8, 4) is 5.75 Å². The van der Waals surface area contributed by atoms with Gasteiger partial charge in [0.1, 0.15) is 5.75 Å². The fourth-order valence-electron chi connectivity index (χ4n) is 4.45. The standard InChI is InChI=1S/C25H32N2O2/c1-20-8-13-24-22(19-20)7-5-17-27(24)25(28)21-9-11-23(12-10-21)29-18-6-16-26-14-3-2-4-15-26/h8-13,19H,2-7,14-18H2,1H3. The Morgan fingerprint density at radius 2 is 1.76 bits per heavy atom. The molecule has 0 N–H and O–H groups in total. The first kappa shape index (κ1) is 20.0. The molecule has 154 valence electrons. The van der Waals surface area contributed by atoms with Crippen molar-refractivity contribution in [1.82, 2.24) is 4.90 Å². The molecule has 4 nitrogen and oxygen atoms in total. The fourth-order valence-corrected chi connectivity index (χ4v) is 4.45. The molecule has 1 amide bonds. The van der Waals surface area contributed by atoms with E-state index in [0.717, 1.165) is 56.0 Å². The lowest BCUT2D eigenvalue weighted by Gasteiger charge is -2.30. The van der Waals surface area contributed by atoms with Crippen LogP contribution in [0.5, 0.6) is 5.75 Å². The zero-order chi connectivity index (χ0) is 20.1. The third-order valence-electron chi connectivity index (χ3n) is 6.04. The molecule has 2 aliphatic rings. The molecule has 1 saturated heterocycles. The highest BCUT2D eigenvalue weighted by Crippen LogP contribution is 2.29. The number of amides is 1. The van der Waals surface area contributed by atoms with Crippen LogP contribution in [0.4, 0.5) is 5.69 Å². The summed E-state index contributed by atoms with van der Waals surface area (Å²) in [5, 5.41) is 0. The lowest BCUT2D eigenvalue weighted by molar-refractivity contribution is 0.0985. The SMILES string of the molecule is Cc1ccc2c(c1)CCCN2C(=O)c1ccc(OCCCN2CCCCC2)cc1. The van der Waals surface area contributed by atoms with Gasteiger partial charge in [-0.1, -0.05) is 24.1 Å². The van der Waals surface area contributed by atoms with Gasteiger partial charge in [0.15, 0.2) is 0 Å². The van der Waals surface area contributed by atoms with Gasteiger partial charge in [-0.25, -0.2) is 0 Å². The van der Waals surface area contributed by atoms with Crippen molar-refractivity contribution in [3.63, 3.8) is 0 Å². The van der Waals surface area contributed by atoms with Crippen molar-refractivity contribution in [2.45, 2.75) is 45.4 Å². The van der Waals surface area contributed by atoms with E-state index < -0.39 is 0 Å². The fraction of sp³-hybridized carbons (Fsp3) is 0.480. The lowest BCUT2D eigenvalue weighted by atomic mass is 9.99. The van der Waals surface area contributed by atoms with Crippen LogP contribution < -0.4 is 9.64 Å². The first-order valence-corrected chi connectivity index (χ1v) is 11.1. The third-order valence-corrected chi connectivity index (χ3v) is 6.04. The van der Waals surface area contributed by atoms with E-state index in [0.29, 0.717) is 0 Å². The minimum Gasteiger partial charge on any atom is -0.494 e. The summed E-state index contributed by atoms with van der Waals surface area (Å²) in [4.78, 5) is 17.5. The van der Waals surface area contributed by atoms with Gasteiger partial charge < -0.3 is 14.5 Å². The third kappa shape index (κ3) is 4.99. The number of hydrogen-bond donors (Lipinski definition) is 0. The van der Waals surface area contributed by atoms with E-state index in [1.165, 1.54) is 43.5 Å². The average molecular weight is 393 g/mol. The molecule has 0 radical (unpaired) electrons. The summed E-state index contributed by atoms with van der Waals surface area (Å²) in [6.07, 6.45) is 7.14. The molecule has 4 rings (SSSR count). The van der Waals surface area contributed by atoms with Crippen molar-refractivity contribution >= 4 is 11.6 Å². The number of benzene rings is 2. The molecular formula is C25H32N2O2. The molecule has 1 fully saturated rings. The molecule has 0 aliphatic carbocycles. The zero-order valence-electron chi connectivity index (χ0n) is 17.5. The number of nitrogens with zero attached hydrogens (tertiary/aromatic N) is 2. The Labute approximate surface area is 174 Å². The smallest absolute Gasteiger partial charge is 0.258 e. The van der Waals surface area contributed by atoms with Gasteiger partial charge in [0.25, 0.3) is 5.91 Å². The van der Waals surface area contributed by atoms with Crippen molar-refractivity contribution in [2.24, 2.45) is 0 Å². The highest BCUT2D eigenvalue weighted by molar-refractivity contribution is 6.06. The van der Waals surface area contributed by atoms with Crippen molar-refractivity contribution in [2.75, 3.05) is 37.7 Å². The number of fused-ring (bicyclic) bond motifs is 1. The summed E-state index contributed by atoms with van der Waals surface area (Å²) >= 11 is 0. The Bertz CT molecular complexity index is 825.